The van der Waals surface area contributed by atoms with E-state index >= 15 is 0 Å². The summed E-state index contributed by atoms with van der Waals surface area (Å²) in [7, 11) is 0. The lowest BCUT2D eigenvalue weighted by Gasteiger charge is -2.23. The minimum absolute atomic E-state index is 0.451. The number of aliphatic hydroxyl groups is 2. The van der Waals surface area contributed by atoms with Gasteiger partial charge in [0.1, 0.15) is 0 Å². The van der Waals surface area contributed by atoms with E-state index in [1.807, 2.05) is 0 Å². The highest BCUT2D eigenvalue weighted by atomic mass is 16.8. The lowest BCUT2D eigenvalue weighted by molar-refractivity contribution is -0.413. The summed E-state index contributed by atoms with van der Waals surface area (Å²) in [6.45, 7) is 0.312. The molecule has 0 radical (unpaired) electrons. The number of hydrogen-bond acceptors (Lipinski definition) is 5. The van der Waals surface area contributed by atoms with E-state index < -0.39 is 17.6 Å². The van der Waals surface area contributed by atoms with E-state index in [9.17, 15) is 0 Å². The van der Waals surface area contributed by atoms with E-state index in [-0.39, 0.29) is 0 Å². The molecule has 0 saturated heterocycles. The molecule has 5 heteroatoms. The first-order valence-corrected chi connectivity index (χ1v) is 2.02. The van der Waals surface area contributed by atoms with Crippen LogP contribution in [0.15, 0.2) is 0 Å². The quantitative estimate of drug-likeness (QED) is 0.273. The average molecular weight is 123 g/mol. The highest BCUT2D eigenvalue weighted by Gasteiger charge is 2.25. The zero-order chi connectivity index (χ0) is 6.78. The normalized spacial score (nSPS) is 18.8. The molecule has 4 N–H and O–H groups in total. The summed E-state index contributed by atoms with van der Waals surface area (Å²) in [5.41, 5.74) is -1.96. The Labute approximate surface area is 46.3 Å². The van der Waals surface area contributed by atoms with Gasteiger partial charge in [0.25, 0.3) is 0 Å². The minimum Gasteiger partial charge on any atom is -0.392 e. The van der Waals surface area contributed by atoms with E-state index in [4.69, 9.17) is 20.6 Å². The van der Waals surface area contributed by atoms with Crippen molar-refractivity contribution >= 4 is 0 Å². The Kier molecular flexibility index (Phi) is 2.32. The van der Waals surface area contributed by atoms with Crippen LogP contribution in [-0.4, -0.2) is 38.2 Å². The van der Waals surface area contributed by atoms with Crippen LogP contribution in [0.4, 0.5) is 0 Å². The molecular formula is C3H9NO4. The maximum Gasteiger partial charge on any atom is 0.187 e. The Balaban J connectivity index is 3.71. The molecule has 0 aromatic rings. The molecule has 0 aromatic heterocycles. The number of hydrogen-bond donors (Lipinski definition) is 4. The van der Waals surface area contributed by atoms with Crippen LogP contribution in [0.3, 0.4) is 0 Å². The van der Waals surface area contributed by atoms with Crippen LogP contribution in [0.25, 0.3) is 0 Å². The van der Waals surface area contributed by atoms with E-state index in [1.165, 1.54) is 0 Å². The third-order valence-electron chi connectivity index (χ3n) is 0.730. The summed E-state index contributed by atoms with van der Waals surface area (Å²) in [5, 5.41) is 32.4. The molecule has 0 bridgehead atoms. The molecule has 0 rings (SSSR count). The van der Waals surface area contributed by atoms with E-state index in [1.54, 1.807) is 0 Å². The Hall–Kier alpha value is -0.200. The summed E-state index contributed by atoms with van der Waals surface area (Å²) in [5.74, 6) is 0. The Morgan fingerprint density at radius 1 is 1.50 bits per heavy atom. The van der Waals surface area contributed by atoms with Gasteiger partial charge >= 0.3 is 0 Å². The van der Waals surface area contributed by atoms with E-state index in [0.717, 1.165) is 6.92 Å². The lowest BCUT2D eigenvalue weighted by atomic mass is 10.3. The van der Waals surface area contributed by atoms with Crippen molar-refractivity contribution in [1.29, 1.82) is 0 Å². The molecule has 1 unspecified atom stereocenters. The molecule has 0 fully saturated rings. The minimum atomic E-state index is -1.96. The van der Waals surface area contributed by atoms with Crippen molar-refractivity contribution in [3.8, 4) is 0 Å². The maximum atomic E-state index is 8.58. The Bertz CT molecular complexity index is 71.7. The summed E-state index contributed by atoms with van der Waals surface area (Å²) >= 11 is 0. The summed E-state index contributed by atoms with van der Waals surface area (Å²) in [6, 6.07) is 0. The second-order valence-electron chi connectivity index (χ2n) is 1.66. The molecule has 0 aliphatic carbocycles. The second-order valence-corrected chi connectivity index (χ2v) is 1.66. The second kappa shape index (κ2) is 2.38. The molecule has 8 heavy (non-hydrogen) atoms. The first kappa shape index (κ1) is 7.80. The molecule has 0 aromatic carbocycles. The maximum absolute atomic E-state index is 8.58. The fraction of sp³-hybridized carbons (Fsp3) is 1.00. The van der Waals surface area contributed by atoms with Crippen molar-refractivity contribution in [2.24, 2.45) is 0 Å². The topological polar surface area (TPSA) is 84.2 Å². The third kappa shape index (κ3) is 1.73. The monoisotopic (exact) mass is 123 g/mol. The van der Waals surface area contributed by atoms with Crippen molar-refractivity contribution in [3.05, 3.63) is 0 Å². The van der Waals surface area contributed by atoms with Gasteiger partial charge in [-0.3, -0.25) is 10.4 Å². The largest absolute Gasteiger partial charge is 0.392 e. The van der Waals surface area contributed by atoms with Gasteiger partial charge in [-0.2, -0.15) is 0 Å². The predicted molar refractivity (Wildman–Crippen MR) is 23.1 cm³/mol. The molecule has 0 aliphatic rings. The smallest absolute Gasteiger partial charge is 0.187 e. The van der Waals surface area contributed by atoms with Gasteiger partial charge in [0.15, 0.2) is 5.72 Å². The van der Waals surface area contributed by atoms with Crippen LogP contribution in [0.5, 0.6) is 0 Å². The molecule has 50 valence electrons. The highest BCUT2D eigenvalue weighted by molar-refractivity contribution is 4.58. The molecular weight excluding hydrogens is 114 g/mol. The molecule has 0 heterocycles. The van der Waals surface area contributed by atoms with Gasteiger partial charge in [0.2, 0.25) is 0 Å². The highest BCUT2D eigenvalue weighted by Crippen LogP contribution is 2.01. The average Bonchev–Trinajstić information content (AvgIpc) is 1.67. The number of nitrogens with zero attached hydrogens (tertiary/aromatic N) is 1. The summed E-state index contributed by atoms with van der Waals surface area (Å²) in [4.78, 5) is 0. The van der Waals surface area contributed by atoms with Gasteiger partial charge < -0.3 is 10.2 Å². The number of rotatable bonds is 2. The van der Waals surface area contributed by atoms with Crippen LogP contribution in [0, 0.1) is 0 Å². The van der Waals surface area contributed by atoms with Gasteiger partial charge in [0.05, 0.1) is 6.61 Å². The van der Waals surface area contributed by atoms with Gasteiger partial charge in [-0.25, -0.2) is 0 Å². The lowest BCUT2D eigenvalue weighted by Crippen LogP contribution is -2.45. The van der Waals surface area contributed by atoms with E-state index in [0.29, 0.717) is 0 Å². The first-order valence-electron chi connectivity index (χ1n) is 2.02. The SMILES string of the molecule is CC(O)(CO)N(O)O. The van der Waals surface area contributed by atoms with Crippen molar-refractivity contribution in [2.75, 3.05) is 6.61 Å². The summed E-state index contributed by atoms with van der Waals surface area (Å²) < 4.78 is 0. The van der Waals surface area contributed by atoms with Gasteiger partial charge in [0, 0.05) is 0 Å². The molecule has 1 atom stereocenters. The molecule has 0 saturated carbocycles. The van der Waals surface area contributed by atoms with Crippen LogP contribution in [0.1, 0.15) is 6.92 Å². The standard InChI is InChI=1S/C3H9NO4/c1-3(6,2-5)4(7)8/h5-8H,2H2,1H3. The third-order valence-corrected chi connectivity index (χ3v) is 0.730. The van der Waals surface area contributed by atoms with Crippen LogP contribution in [0.2, 0.25) is 0 Å². The molecule has 0 spiro atoms. The molecule has 5 nitrogen and oxygen atoms in total. The number of hydroxylamine groups is 2. The van der Waals surface area contributed by atoms with Crippen molar-refractivity contribution in [3.63, 3.8) is 0 Å². The van der Waals surface area contributed by atoms with E-state index in [2.05, 4.69) is 0 Å². The fourth-order valence-corrected chi connectivity index (χ4v) is 0.0632. The predicted octanol–water partition coefficient (Wildman–Crippen LogP) is -1.23. The Morgan fingerprint density at radius 3 is 1.88 bits per heavy atom. The van der Waals surface area contributed by atoms with Gasteiger partial charge in [-0.05, 0) is 12.2 Å². The number of aliphatic hydroxyl groups excluding tert-OH is 1. The van der Waals surface area contributed by atoms with Gasteiger partial charge in [-0.1, -0.05) is 0 Å². The van der Waals surface area contributed by atoms with Crippen LogP contribution in [-0.2, 0) is 0 Å². The van der Waals surface area contributed by atoms with Gasteiger partial charge in [-0.15, -0.1) is 0 Å². The summed E-state index contributed by atoms with van der Waals surface area (Å²) in [6.07, 6.45) is 0. The van der Waals surface area contributed by atoms with Crippen molar-refractivity contribution in [2.45, 2.75) is 12.6 Å². The first-order chi connectivity index (χ1) is 3.50. The Morgan fingerprint density at radius 2 is 1.88 bits per heavy atom. The van der Waals surface area contributed by atoms with Crippen LogP contribution >= 0.6 is 0 Å². The van der Waals surface area contributed by atoms with Crippen molar-refractivity contribution < 1.29 is 20.6 Å². The molecule has 0 aliphatic heterocycles. The van der Waals surface area contributed by atoms with Crippen LogP contribution < -0.4 is 0 Å². The fourth-order valence-electron chi connectivity index (χ4n) is 0.0632. The zero-order valence-corrected chi connectivity index (χ0v) is 4.44. The molecule has 0 amide bonds. The zero-order valence-electron chi connectivity index (χ0n) is 4.44. The van der Waals surface area contributed by atoms with Crippen molar-refractivity contribution in [1.82, 2.24) is 5.23 Å².